The number of piperidine rings is 1. The van der Waals surface area contributed by atoms with E-state index in [1.54, 1.807) is 0 Å². The Hall–Kier alpha value is -2.56. The van der Waals surface area contributed by atoms with Gasteiger partial charge in [-0.05, 0) is 50.7 Å². The van der Waals surface area contributed by atoms with Crippen molar-refractivity contribution in [2.75, 3.05) is 13.1 Å². The third-order valence-electron chi connectivity index (χ3n) is 5.85. The number of hydrogen-bond donors (Lipinski definition) is 1. The van der Waals surface area contributed by atoms with Gasteiger partial charge in [0.15, 0.2) is 0 Å². The summed E-state index contributed by atoms with van der Waals surface area (Å²) in [5.74, 6) is 0.660. The largest absolute Gasteiger partial charge is 0.347 e. The lowest BCUT2D eigenvalue weighted by Crippen LogP contribution is -2.40. The lowest BCUT2D eigenvalue weighted by molar-refractivity contribution is 0.0673. The highest BCUT2D eigenvalue weighted by molar-refractivity contribution is 6.08. The maximum atomic E-state index is 13.4. The highest BCUT2D eigenvalue weighted by Crippen LogP contribution is 2.28. The average Bonchev–Trinajstić information content (AvgIpc) is 3.17. The number of hydrogen-bond acceptors (Lipinski definition) is 2. The predicted octanol–water partition coefficient (Wildman–Crippen LogP) is 3.61. The molecule has 1 aromatic carbocycles. The summed E-state index contributed by atoms with van der Waals surface area (Å²) < 4.78 is 2.12. The number of aromatic amines is 1. The Labute approximate surface area is 154 Å². The van der Waals surface area contributed by atoms with Crippen LogP contribution in [0.4, 0.5) is 0 Å². The van der Waals surface area contributed by atoms with Gasteiger partial charge in [0.05, 0.1) is 11.8 Å². The topological polar surface area (TPSA) is 53.9 Å². The van der Waals surface area contributed by atoms with Gasteiger partial charge in [-0.1, -0.05) is 18.2 Å². The number of fused-ring (bicyclic) bond motifs is 1. The van der Waals surface area contributed by atoms with Crippen LogP contribution in [0.15, 0.2) is 30.5 Å². The first-order chi connectivity index (χ1) is 12.6. The van der Waals surface area contributed by atoms with E-state index in [0.29, 0.717) is 5.92 Å². The van der Waals surface area contributed by atoms with Gasteiger partial charge >= 0.3 is 0 Å². The summed E-state index contributed by atoms with van der Waals surface area (Å²) in [4.78, 5) is 15.4. The molecule has 4 rings (SSSR count). The quantitative estimate of drug-likeness (QED) is 0.784. The molecule has 1 N–H and O–H groups in total. The molecule has 2 aromatic heterocycles. The molecule has 0 spiro atoms. The van der Waals surface area contributed by atoms with Crippen LogP contribution in [-0.4, -0.2) is 38.7 Å². The first-order valence-corrected chi connectivity index (χ1v) is 9.38. The van der Waals surface area contributed by atoms with Crippen molar-refractivity contribution >= 4 is 16.8 Å². The van der Waals surface area contributed by atoms with E-state index in [-0.39, 0.29) is 5.91 Å². The van der Waals surface area contributed by atoms with E-state index in [1.807, 2.05) is 32.3 Å². The maximum Gasteiger partial charge on any atom is 0.256 e. The first kappa shape index (κ1) is 16.9. The molecule has 0 radical (unpaired) electrons. The molecule has 0 saturated carbocycles. The Morgan fingerprint density at radius 2 is 2.12 bits per heavy atom. The van der Waals surface area contributed by atoms with Crippen LogP contribution in [0.2, 0.25) is 0 Å². The third kappa shape index (κ3) is 2.81. The molecule has 1 aliphatic heterocycles. The fourth-order valence-electron chi connectivity index (χ4n) is 4.23. The van der Waals surface area contributed by atoms with Crippen LogP contribution in [0.3, 0.4) is 0 Å². The zero-order valence-corrected chi connectivity index (χ0v) is 15.7. The normalized spacial score (nSPS) is 17.8. The molecule has 1 atom stereocenters. The highest BCUT2D eigenvalue weighted by Gasteiger charge is 2.28. The predicted molar refractivity (Wildman–Crippen MR) is 103 cm³/mol. The summed E-state index contributed by atoms with van der Waals surface area (Å²) in [6.07, 6.45) is 5.06. The fourth-order valence-corrected chi connectivity index (χ4v) is 4.23. The average molecular weight is 350 g/mol. The van der Waals surface area contributed by atoms with Crippen LogP contribution in [0, 0.1) is 19.8 Å². The second-order valence-electron chi connectivity index (χ2n) is 7.53. The van der Waals surface area contributed by atoms with Gasteiger partial charge in [0, 0.05) is 42.4 Å². The third-order valence-corrected chi connectivity index (χ3v) is 5.85. The SMILES string of the molecule is Cc1cn[nH]c1C[C@H]1CCCN(C(=O)c2c(C)n(C)c3ccccc23)C1. The summed E-state index contributed by atoms with van der Waals surface area (Å²) in [5.41, 5.74) is 5.43. The second kappa shape index (κ2) is 6.63. The van der Waals surface area contributed by atoms with Gasteiger partial charge in [-0.15, -0.1) is 0 Å². The van der Waals surface area contributed by atoms with Crippen molar-refractivity contribution < 1.29 is 4.79 Å². The number of carbonyl (C=O) groups is 1. The van der Waals surface area contributed by atoms with E-state index >= 15 is 0 Å². The number of likely N-dealkylation sites (tertiary alicyclic amines) is 1. The van der Waals surface area contributed by atoms with Gasteiger partial charge in [-0.3, -0.25) is 9.89 Å². The lowest BCUT2D eigenvalue weighted by atomic mass is 9.92. The maximum absolute atomic E-state index is 13.4. The molecule has 3 heterocycles. The molecule has 5 heteroatoms. The molecular formula is C21H26N4O. The number of benzene rings is 1. The van der Waals surface area contributed by atoms with E-state index in [0.717, 1.165) is 54.5 Å². The molecule has 1 aliphatic rings. The summed E-state index contributed by atoms with van der Waals surface area (Å²) in [6, 6.07) is 8.18. The minimum Gasteiger partial charge on any atom is -0.347 e. The molecule has 1 saturated heterocycles. The Morgan fingerprint density at radius 1 is 1.31 bits per heavy atom. The summed E-state index contributed by atoms with van der Waals surface area (Å²) in [7, 11) is 2.04. The molecule has 0 unspecified atom stereocenters. The lowest BCUT2D eigenvalue weighted by Gasteiger charge is -2.33. The Morgan fingerprint density at radius 3 is 2.88 bits per heavy atom. The zero-order valence-electron chi connectivity index (χ0n) is 15.7. The standard InChI is InChI=1S/C21H26N4O/c1-14-12-22-23-18(14)11-16-7-6-10-25(13-16)21(26)20-15(2)24(3)19-9-5-4-8-17(19)20/h4-5,8-9,12,16H,6-7,10-11,13H2,1-3H3,(H,22,23)/t16-/m1/s1. The summed E-state index contributed by atoms with van der Waals surface area (Å²) in [6.45, 7) is 5.80. The number of nitrogens with one attached hydrogen (secondary N) is 1. The molecule has 0 aliphatic carbocycles. The molecule has 26 heavy (non-hydrogen) atoms. The van der Waals surface area contributed by atoms with Gasteiger partial charge in [0.25, 0.3) is 5.91 Å². The van der Waals surface area contributed by atoms with Crippen molar-refractivity contribution in [1.29, 1.82) is 0 Å². The molecular weight excluding hydrogens is 324 g/mol. The number of rotatable bonds is 3. The smallest absolute Gasteiger partial charge is 0.256 e. The number of carbonyl (C=O) groups excluding carboxylic acids is 1. The van der Waals surface area contributed by atoms with Crippen molar-refractivity contribution in [2.24, 2.45) is 13.0 Å². The monoisotopic (exact) mass is 350 g/mol. The number of para-hydroxylation sites is 1. The van der Waals surface area contributed by atoms with E-state index in [1.165, 1.54) is 11.3 Å². The second-order valence-corrected chi connectivity index (χ2v) is 7.53. The molecule has 5 nitrogen and oxygen atoms in total. The van der Waals surface area contributed by atoms with Crippen molar-refractivity contribution in [3.8, 4) is 0 Å². The van der Waals surface area contributed by atoms with Crippen LogP contribution in [0.5, 0.6) is 0 Å². The molecule has 0 bridgehead atoms. The molecule has 3 aromatic rings. The van der Waals surface area contributed by atoms with E-state index in [9.17, 15) is 4.79 Å². The van der Waals surface area contributed by atoms with E-state index in [4.69, 9.17) is 0 Å². The number of H-pyrrole nitrogens is 1. The summed E-state index contributed by atoms with van der Waals surface area (Å²) in [5, 5.41) is 8.30. The molecule has 136 valence electrons. The van der Waals surface area contributed by atoms with Crippen LogP contribution < -0.4 is 0 Å². The summed E-state index contributed by atoms with van der Waals surface area (Å²) >= 11 is 0. The number of aryl methyl sites for hydroxylation is 2. The van der Waals surface area contributed by atoms with Gasteiger partial charge in [0.2, 0.25) is 0 Å². The number of nitrogens with zero attached hydrogens (tertiary/aromatic N) is 3. The Bertz CT molecular complexity index is 952. The van der Waals surface area contributed by atoms with E-state index in [2.05, 4.69) is 38.7 Å². The van der Waals surface area contributed by atoms with Gasteiger partial charge in [0.1, 0.15) is 0 Å². The van der Waals surface area contributed by atoms with Gasteiger partial charge < -0.3 is 9.47 Å². The zero-order chi connectivity index (χ0) is 18.3. The van der Waals surface area contributed by atoms with Crippen LogP contribution in [0.1, 0.15) is 40.2 Å². The van der Waals surface area contributed by atoms with Crippen molar-refractivity contribution in [2.45, 2.75) is 33.1 Å². The minimum atomic E-state index is 0.172. The first-order valence-electron chi connectivity index (χ1n) is 9.38. The van der Waals surface area contributed by atoms with Gasteiger partial charge in [-0.25, -0.2) is 0 Å². The van der Waals surface area contributed by atoms with Crippen molar-refractivity contribution in [3.63, 3.8) is 0 Å². The molecule has 1 fully saturated rings. The van der Waals surface area contributed by atoms with Crippen molar-refractivity contribution in [1.82, 2.24) is 19.7 Å². The number of aromatic nitrogens is 3. The Balaban J connectivity index is 1.59. The molecule has 1 amide bonds. The minimum absolute atomic E-state index is 0.172. The fraction of sp³-hybridized carbons (Fsp3) is 0.429. The van der Waals surface area contributed by atoms with Crippen LogP contribution in [-0.2, 0) is 13.5 Å². The Kier molecular flexibility index (Phi) is 4.31. The number of amides is 1. The van der Waals surface area contributed by atoms with Crippen molar-refractivity contribution in [3.05, 3.63) is 53.0 Å². The van der Waals surface area contributed by atoms with E-state index < -0.39 is 0 Å². The highest BCUT2D eigenvalue weighted by atomic mass is 16.2. The van der Waals surface area contributed by atoms with Gasteiger partial charge in [-0.2, -0.15) is 5.10 Å². The van der Waals surface area contributed by atoms with Crippen LogP contribution in [0.25, 0.3) is 10.9 Å². The van der Waals surface area contributed by atoms with Crippen LogP contribution >= 0.6 is 0 Å².